The van der Waals surface area contributed by atoms with E-state index < -0.39 is 22.9 Å². The van der Waals surface area contributed by atoms with Crippen molar-refractivity contribution in [3.8, 4) is 0 Å². The number of H-pyrrole nitrogens is 1. The normalized spacial score (nSPS) is 11.7. The number of methoxy groups -OCH3 is 1. The average molecular weight is 257 g/mol. The second kappa shape index (κ2) is 5.77. The fourth-order valence-corrected chi connectivity index (χ4v) is 1.13. The Morgan fingerprint density at radius 2 is 2.28 bits per heavy atom. The van der Waals surface area contributed by atoms with Crippen LogP contribution in [0.15, 0.2) is 12.1 Å². The highest BCUT2D eigenvalue weighted by atomic mass is 16.6. The average Bonchev–Trinajstić information content (AvgIpc) is 2.84. The summed E-state index contributed by atoms with van der Waals surface area (Å²) in [6, 6.07) is 2.35. The van der Waals surface area contributed by atoms with Crippen LogP contribution in [0.25, 0.3) is 0 Å². The van der Waals surface area contributed by atoms with Gasteiger partial charge in [-0.3, -0.25) is 4.79 Å². The summed E-state index contributed by atoms with van der Waals surface area (Å²) in [5.74, 6) is -1.88. The fraction of sp³-hybridized carbons (Fsp3) is 0.333. The Bertz CT molecular complexity index is 469. The monoisotopic (exact) mass is 257 g/mol. The number of esters is 1. The Kier molecular flexibility index (Phi) is 4.38. The predicted molar refractivity (Wildman–Crippen MR) is 57.8 cm³/mol. The molecular weight excluding hydrogens is 246 g/mol. The summed E-state index contributed by atoms with van der Waals surface area (Å²) in [6.07, 6.45) is -1.48. The van der Waals surface area contributed by atoms with E-state index in [1.165, 1.54) is 6.07 Å². The molecule has 1 heterocycles. The van der Waals surface area contributed by atoms with Gasteiger partial charge in [-0.2, -0.15) is 0 Å². The molecule has 1 atom stereocenters. The first kappa shape index (κ1) is 13.6. The standard InChI is InChI=1S/C9H11N3O6/c1-18-9(15)6(13)4-10-8(14)5-2-3-7(11-5)12(16)17/h2-3,6,11,13H,4H2,1H3,(H,10,14). The number of aliphatic hydroxyl groups excluding tert-OH is 1. The molecule has 1 unspecified atom stereocenters. The van der Waals surface area contributed by atoms with Gasteiger partial charge in [-0.15, -0.1) is 0 Å². The number of hydrogen-bond donors (Lipinski definition) is 3. The summed E-state index contributed by atoms with van der Waals surface area (Å²) in [5.41, 5.74) is -0.0428. The van der Waals surface area contributed by atoms with Crippen molar-refractivity contribution in [2.24, 2.45) is 0 Å². The third kappa shape index (κ3) is 3.28. The van der Waals surface area contributed by atoms with Crippen molar-refractivity contribution in [3.63, 3.8) is 0 Å². The topological polar surface area (TPSA) is 135 Å². The number of nitrogens with zero attached hydrogens (tertiary/aromatic N) is 1. The van der Waals surface area contributed by atoms with Crippen LogP contribution in [0.3, 0.4) is 0 Å². The number of hydrogen-bond acceptors (Lipinski definition) is 6. The molecule has 0 aliphatic rings. The van der Waals surface area contributed by atoms with Crippen LogP contribution in [0.4, 0.5) is 5.82 Å². The van der Waals surface area contributed by atoms with Gasteiger partial charge in [0.2, 0.25) is 0 Å². The fourth-order valence-electron chi connectivity index (χ4n) is 1.13. The van der Waals surface area contributed by atoms with Gasteiger partial charge in [0.15, 0.2) is 11.8 Å². The molecule has 1 aromatic heterocycles. The predicted octanol–water partition coefficient (Wildman–Crippen LogP) is -0.813. The van der Waals surface area contributed by atoms with Crippen LogP contribution in [-0.4, -0.2) is 46.6 Å². The van der Waals surface area contributed by atoms with E-state index in [4.69, 9.17) is 0 Å². The molecule has 0 saturated heterocycles. The van der Waals surface area contributed by atoms with Crippen LogP contribution >= 0.6 is 0 Å². The maximum absolute atomic E-state index is 11.5. The maximum atomic E-state index is 11.5. The number of aliphatic hydroxyl groups is 1. The third-order valence-corrected chi connectivity index (χ3v) is 2.04. The molecule has 0 saturated carbocycles. The minimum atomic E-state index is -1.48. The number of ether oxygens (including phenoxy) is 1. The molecule has 0 bridgehead atoms. The largest absolute Gasteiger partial charge is 0.467 e. The van der Waals surface area contributed by atoms with E-state index in [1.807, 2.05) is 0 Å². The number of aromatic nitrogens is 1. The number of carbonyl (C=O) groups excluding carboxylic acids is 2. The van der Waals surface area contributed by atoms with Crippen LogP contribution in [-0.2, 0) is 9.53 Å². The second-order valence-corrected chi connectivity index (χ2v) is 3.26. The van der Waals surface area contributed by atoms with E-state index in [0.29, 0.717) is 0 Å². The van der Waals surface area contributed by atoms with Gasteiger partial charge in [-0.05, 0) is 11.0 Å². The highest BCUT2D eigenvalue weighted by molar-refractivity contribution is 5.93. The summed E-state index contributed by atoms with van der Waals surface area (Å²) in [7, 11) is 1.10. The van der Waals surface area contributed by atoms with Gasteiger partial charge in [-0.1, -0.05) is 0 Å². The first-order valence-electron chi connectivity index (χ1n) is 4.83. The van der Waals surface area contributed by atoms with E-state index in [2.05, 4.69) is 15.0 Å². The van der Waals surface area contributed by atoms with E-state index in [9.17, 15) is 24.8 Å². The van der Waals surface area contributed by atoms with Crippen molar-refractivity contribution in [2.45, 2.75) is 6.10 Å². The van der Waals surface area contributed by atoms with Crippen LogP contribution in [0.1, 0.15) is 10.5 Å². The number of amides is 1. The van der Waals surface area contributed by atoms with Crippen molar-refractivity contribution in [3.05, 3.63) is 27.9 Å². The molecule has 18 heavy (non-hydrogen) atoms. The third-order valence-electron chi connectivity index (χ3n) is 2.04. The van der Waals surface area contributed by atoms with Crippen LogP contribution in [0, 0.1) is 10.1 Å². The number of nitro groups is 1. The van der Waals surface area contributed by atoms with Gasteiger partial charge in [-0.25, -0.2) is 9.78 Å². The molecule has 0 spiro atoms. The first-order chi connectivity index (χ1) is 8.45. The van der Waals surface area contributed by atoms with Crippen molar-refractivity contribution in [1.29, 1.82) is 0 Å². The van der Waals surface area contributed by atoms with Gasteiger partial charge in [0.1, 0.15) is 0 Å². The molecule has 0 fully saturated rings. The maximum Gasteiger partial charge on any atom is 0.336 e. The van der Waals surface area contributed by atoms with Crippen molar-refractivity contribution >= 4 is 17.7 Å². The lowest BCUT2D eigenvalue weighted by molar-refractivity contribution is -0.389. The molecule has 9 nitrogen and oxygen atoms in total. The van der Waals surface area contributed by atoms with Crippen molar-refractivity contribution in [1.82, 2.24) is 10.3 Å². The summed E-state index contributed by atoms with van der Waals surface area (Å²) in [5, 5.41) is 21.8. The molecule has 0 aliphatic carbocycles. The zero-order valence-electron chi connectivity index (χ0n) is 9.37. The quantitative estimate of drug-likeness (QED) is 0.358. The van der Waals surface area contributed by atoms with Crippen LogP contribution < -0.4 is 5.32 Å². The van der Waals surface area contributed by atoms with Gasteiger partial charge in [0, 0.05) is 6.07 Å². The highest BCUT2D eigenvalue weighted by Crippen LogP contribution is 2.09. The Labute approximate surface area is 101 Å². The second-order valence-electron chi connectivity index (χ2n) is 3.26. The molecule has 0 aromatic carbocycles. The first-order valence-corrected chi connectivity index (χ1v) is 4.83. The smallest absolute Gasteiger partial charge is 0.336 e. The number of aromatic amines is 1. The van der Waals surface area contributed by atoms with E-state index >= 15 is 0 Å². The van der Waals surface area contributed by atoms with Gasteiger partial charge in [0.25, 0.3) is 5.91 Å². The summed E-state index contributed by atoms with van der Waals surface area (Å²) in [4.78, 5) is 34.3. The van der Waals surface area contributed by atoms with Crippen LogP contribution in [0.2, 0.25) is 0 Å². The molecule has 98 valence electrons. The summed E-state index contributed by atoms with van der Waals surface area (Å²) < 4.78 is 4.25. The molecule has 1 rings (SSSR count). The number of rotatable bonds is 5. The molecule has 1 amide bonds. The van der Waals surface area contributed by atoms with Gasteiger partial charge < -0.3 is 25.3 Å². The highest BCUT2D eigenvalue weighted by Gasteiger charge is 2.19. The van der Waals surface area contributed by atoms with E-state index in [1.54, 1.807) is 0 Å². The molecule has 1 aromatic rings. The van der Waals surface area contributed by atoms with Crippen LogP contribution in [0.5, 0.6) is 0 Å². The summed E-state index contributed by atoms with van der Waals surface area (Å²) in [6.45, 7) is -0.349. The minimum absolute atomic E-state index is 0.0428. The Balaban J connectivity index is 2.55. The van der Waals surface area contributed by atoms with Crippen molar-refractivity contribution in [2.75, 3.05) is 13.7 Å². The molecule has 9 heteroatoms. The van der Waals surface area contributed by atoms with Crippen molar-refractivity contribution < 1.29 is 24.4 Å². The van der Waals surface area contributed by atoms with Gasteiger partial charge in [0.05, 0.1) is 13.7 Å². The summed E-state index contributed by atoms with van der Waals surface area (Å²) >= 11 is 0. The number of carbonyl (C=O) groups is 2. The van der Waals surface area contributed by atoms with E-state index in [0.717, 1.165) is 13.2 Å². The zero-order valence-corrected chi connectivity index (χ0v) is 9.37. The lowest BCUT2D eigenvalue weighted by atomic mass is 10.3. The Morgan fingerprint density at radius 1 is 1.61 bits per heavy atom. The molecule has 0 radical (unpaired) electrons. The SMILES string of the molecule is COC(=O)C(O)CNC(=O)c1ccc([N+](=O)[O-])[nH]1. The Morgan fingerprint density at radius 3 is 2.78 bits per heavy atom. The van der Waals surface area contributed by atoms with E-state index in [-0.39, 0.29) is 18.1 Å². The zero-order chi connectivity index (χ0) is 13.7. The molecule has 0 aliphatic heterocycles. The molecular formula is C9H11N3O6. The molecule has 3 N–H and O–H groups in total. The van der Waals surface area contributed by atoms with Gasteiger partial charge >= 0.3 is 11.8 Å². The minimum Gasteiger partial charge on any atom is -0.467 e. The number of nitrogens with one attached hydrogen (secondary N) is 2. The lowest BCUT2D eigenvalue weighted by Crippen LogP contribution is -2.37. The lowest BCUT2D eigenvalue weighted by Gasteiger charge is -2.08. The Hall–Kier alpha value is -2.42.